The van der Waals surface area contributed by atoms with Crippen LogP contribution < -0.4 is 4.74 Å². The molecular formula is C21H17ClFN3O2. The minimum atomic E-state index is -0.457. The first-order chi connectivity index (χ1) is 13.7. The molecule has 0 spiro atoms. The molecule has 1 atom stereocenters. The number of hydrogen-bond donors (Lipinski definition) is 0. The van der Waals surface area contributed by atoms with Gasteiger partial charge in [0.2, 0.25) is 0 Å². The largest absolute Gasteiger partial charge is 0.457 e. The maximum absolute atomic E-state index is 14.5. The molecule has 0 fully saturated rings. The van der Waals surface area contributed by atoms with Crippen LogP contribution in [0.15, 0.2) is 77.9 Å². The van der Waals surface area contributed by atoms with Gasteiger partial charge in [0, 0.05) is 21.6 Å². The summed E-state index contributed by atoms with van der Waals surface area (Å²) in [6.07, 6.45) is -0.457. The average Bonchev–Trinajstić information content (AvgIpc) is 2.72. The van der Waals surface area contributed by atoms with Crippen LogP contribution >= 0.6 is 11.6 Å². The average molecular weight is 398 g/mol. The summed E-state index contributed by atoms with van der Waals surface area (Å²) in [6.45, 7) is 0.160. The fraction of sp³-hybridized carbons (Fsp3) is 0.143. The number of hydrogen-bond acceptors (Lipinski definition) is 3. The maximum atomic E-state index is 14.5. The Morgan fingerprint density at radius 1 is 1.00 bits per heavy atom. The van der Waals surface area contributed by atoms with Crippen LogP contribution in [0.1, 0.15) is 17.2 Å². The molecule has 0 heterocycles. The lowest BCUT2D eigenvalue weighted by atomic mass is 10.1. The van der Waals surface area contributed by atoms with Crippen LogP contribution in [0, 0.1) is 5.82 Å². The predicted octanol–water partition coefficient (Wildman–Crippen LogP) is 6.84. The Morgan fingerprint density at radius 3 is 2.39 bits per heavy atom. The van der Waals surface area contributed by atoms with E-state index in [9.17, 15) is 4.39 Å². The molecule has 142 valence electrons. The van der Waals surface area contributed by atoms with Crippen LogP contribution in [0.25, 0.3) is 10.4 Å². The number of ether oxygens (including phenoxy) is 2. The lowest BCUT2D eigenvalue weighted by molar-refractivity contribution is 0.0441. The minimum Gasteiger partial charge on any atom is -0.457 e. The second-order valence-corrected chi connectivity index (χ2v) is 6.37. The predicted molar refractivity (Wildman–Crippen MR) is 106 cm³/mol. The molecule has 0 saturated carbocycles. The van der Waals surface area contributed by atoms with Crippen molar-refractivity contribution in [3.05, 3.63) is 105 Å². The normalized spacial score (nSPS) is 11.5. The first-order valence-electron chi connectivity index (χ1n) is 8.55. The molecular weight excluding hydrogens is 381 g/mol. The second kappa shape index (κ2) is 9.76. The van der Waals surface area contributed by atoms with E-state index in [4.69, 9.17) is 26.6 Å². The van der Waals surface area contributed by atoms with Crippen LogP contribution in [0.4, 0.5) is 4.39 Å². The number of benzene rings is 3. The monoisotopic (exact) mass is 397 g/mol. The first kappa shape index (κ1) is 19.7. The zero-order valence-electron chi connectivity index (χ0n) is 14.8. The van der Waals surface area contributed by atoms with Crippen molar-refractivity contribution in [2.45, 2.75) is 12.7 Å². The third kappa shape index (κ3) is 5.47. The van der Waals surface area contributed by atoms with Crippen LogP contribution in [0.2, 0.25) is 5.02 Å². The van der Waals surface area contributed by atoms with Gasteiger partial charge < -0.3 is 9.47 Å². The van der Waals surface area contributed by atoms with Gasteiger partial charge in [0.1, 0.15) is 17.3 Å². The highest BCUT2D eigenvalue weighted by Gasteiger charge is 2.13. The van der Waals surface area contributed by atoms with Gasteiger partial charge in [-0.1, -0.05) is 53.1 Å². The van der Waals surface area contributed by atoms with Crippen molar-refractivity contribution in [3.8, 4) is 11.5 Å². The van der Waals surface area contributed by atoms with E-state index in [2.05, 4.69) is 10.0 Å². The van der Waals surface area contributed by atoms with E-state index in [1.165, 1.54) is 6.07 Å². The summed E-state index contributed by atoms with van der Waals surface area (Å²) in [5.74, 6) is 0.491. The molecule has 0 bridgehead atoms. The van der Waals surface area contributed by atoms with Crippen molar-refractivity contribution in [3.63, 3.8) is 0 Å². The van der Waals surface area contributed by atoms with E-state index >= 15 is 0 Å². The molecule has 0 aliphatic rings. The van der Waals surface area contributed by atoms with Gasteiger partial charge in [0.05, 0.1) is 19.3 Å². The quantitative estimate of drug-likeness (QED) is 0.237. The van der Waals surface area contributed by atoms with Gasteiger partial charge in [0.15, 0.2) is 0 Å². The van der Waals surface area contributed by atoms with Crippen molar-refractivity contribution in [1.29, 1.82) is 0 Å². The molecule has 0 N–H and O–H groups in total. The molecule has 3 aromatic carbocycles. The van der Waals surface area contributed by atoms with Crippen molar-refractivity contribution >= 4 is 11.6 Å². The highest BCUT2D eigenvalue weighted by atomic mass is 35.5. The third-order valence-electron chi connectivity index (χ3n) is 4.00. The smallest absolute Gasteiger partial charge is 0.132 e. The molecule has 7 heteroatoms. The molecule has 0 aliphatic heterocycles. The number of halogens is 2. The van der Waals surface area contributed by atoms with Crippen LogP contribution in [0.5, 0.6) is 11.5 Å². The van der Waals surface area contributed by atoms with Crippen LogP contribution in [-0.4, -0.2) is 6.54 Å². The van der Waals surface area contributed by atoms with Gasteiger partial charge in [0.25, 0.3) is 0 Å². The standard InChI is InChI=1S/C21H17ClFN3O2/c22-17-7-10-18(11-8-17)28-19-9-6-16(20(23)12-19)14-27-21(13-25-26-24)15-4-2-1-3-5-15/h1-12,21H,13-14H2/t21-/m0/s1. The first-order valence-corrected chi connectivity index (χ1v) is 8.93. The van der Waals surface area contributed by atoms with Crippen molar-refractivity contribution < 1.29 is 13.9 Å². The van der Waals surface area contributed by atoms with E-state index in [0.717, 1.165) is 5.56 Å². The Kier molecular flexibility index (Phi) is 6.87. The molecule has 0 aliphatic carbocycles. The molecule has 0 aromatic heterocycles. The zero-order valence-corrected chi connectivity index (χ0v) is 15.6. The van der Waals surface area contributed by atoms with Gasteiger partial charge in [-0.05, 0) is 41.4 Å². The van der Waals surface area contributed by atoms with Gasteiger partial charge in [-0.25, -0.2) is 4.39 Å². The minimum absolute atomic E-state index is 0.0353. The summed E-state index contributed by atoms with van der Waals surface area (Å²) in [6, 6.07) is 20.7. The topological polar surface area (TPSA) is 67.2 Å². The molecule has 3 rings (SSSR count). The van der Waals surface area contributed by atoms with Crippen LogP contribution in [-0.2, 0) is 11.3 Å². The Hall–Kier alpha value is -3.05. The molecule has 0 radical (unpaired) electrons. The molecule has 5 nitrogen and oxygen atoms in total. The summed E-state index contributed by atoms with van der Waals surface area (Å²) < 4.78 is 25.9. The van der Waals surface area contributed by atoms with Gasteiger partial charge >= 0.3 is 0 Å². The number of nitrogens with zero attached hydrogens (tertiary/aromatic N) is 3. The summed E-state index contributed by atoms with van der Waals surface area (Å²) in [5.41, 5.74) is 9.82. The SMILES string of the molecule is [N-]=[N+]=NC[C@H](OCc1ccc(Oc2ccc(Cl)cc2)cc1F)c1ccccc1. The number of azide groups is 1. The second-order valence-electron chi connectivity index (χ2n) is 5.93. The Labute approximate surface area is 166 Å². The summed E-state index contributed by atoms with van der Waals surface area (Å²) in [5, 5.41) is 4.18. The summed E-state index contributed by atoms with van der Waals surface area (Å²) in [4.78, 5) is 2.78. The van der Waals surface area contributed by atoms with Crippen molar-refractivity contribution in [1.82, 2.24) is 0 Å². The summed E-state index contributed by atoms with van der Waals surface area (Å²) >= 11 is 5.84. The lowest BCUT2D eigenvalue weighted by Crippen LogP contribution is -2.08. The molecule has 0 amide bonds. The Balaban J connectivity index is 1.67. The lowest BCUT2D eigenvalue weighted by Gasteiger charge is -2.17. The van der Waals surface area contributed by atoms with E-state index in [1.54, 1.807) is 36.4 Å². The van der Waals surface area contributed by atoms with E-state index in [-0.39, 0.29) is 13.2 Å². The zero-order chi connectivity index (χ0) is 19.8. The fourth-order valence-corrected chi connectivity index (χ4v) is 2.70. The third-order valence-corrected chi connectivity index (χ3v) is 4.25. The molecule has 0 unspecified atom stereocenters. The Bertz CT molecular complexity index is 961. The highest BCUT2D eigenvalue weighted by molar-refractivity contribution is 6.30. The van der Waals surface area contributed by atoms with Gasteiger partial charge in [-0.3, -0.25) is 0 Å². The molecule has 28 heavy (non-hydrogen) atoms. The molecule has 3 aromatic rings. The van der Waals surface area contributed by atoms with Crippen LogP contribution in [0.3, 0.4) is 0 Å². The van der Waals surface area contributed by atoms with E-state index in [0.29, 0.717) is 22.1 Å². The number of rotatable bonds is 8. The van der Waals surface area contributed by atoms with E-state index in [1.807, 2.05) is 30.3 Å². The van der Waals surface area contributed by atoms with Gasteiger partial charge in [-0.2, -0.15) is 0 Å². The van der Waals surface area contributed by atoms with Crippen molar-refractivity contribution in [2.24, 2.45) is 5.11 Å². The van der Waals surface area contributed by atoms with E-state index < -0.39 is 11.9 Å². The summed E-state index contributed by atoms with van der Waals surface area (Å²) in [7, 11) is 0. The Morgan fingerprint density at radius 2 is 1.71 bits per heavy atom. The highest BCUT2D eigenvalue weighted by Crippen LogP contribution is 2.26. The fourth-order valence-electron chi connectivity index (χ4n) is 2.57. The van der Waals surface area contributed by atoms with Crippen molar-refractivity contribution in [2.75, 3.05) is 6.54 Å². The van der Waals surface area contributed by atoms with Gasteiger partial charge in [-0.15, -0.1) is 0 Å². The maximum Gasteiger partial charge on any atom is 0.132 e. The molecule has 0 saturated heterocycles.